The summed E-state index contributed by atoms with van der Waals surface area (Å²) in [5.74, 6) is -0.646. The minimum Gasteiger partial charge on any atom is -0.505 e. The van der Waals surface area contributed by atoms with Crippen LogP contribution in [0.25, 0.3) is 11.3 Å². The lowest BCUT2D eigenvalue weighted by molar-refractivity contribution is 0.0693. The maximum Gasteiger partial charge on any atom is 0.339 e. The van der Waals surface area contributed by atoms with Gasteiger partial charge in [-0.25, -0.2) is 4.79 Å². The zero-order valence-electron chi connectivity index (χ0n) is 9.96. The van der Waals surface area contributed by atoms with Crippen LogP contribution in [0.5, 0.6) is 11.5 Å². The molecule has 2 N–H and O–H groups in total. The van der Waals surface area contributed by atoms with Gasteiger partial charge in [0.15, 0.2) is 0 Å². The predicted molar refractivity (Wildman–Crippen MR) is 67.5 cm³/mol. The predicted octanol–water partition coefficient (Wildman–Crippen LogP) is 2.09. The van der Waals surface area contributed by atoms with E-state index in [1.807, 2.05) is 18.2 Å². The second-order valence-electron chi connectivity index (χ2n) is 4.31. The van der Waals surface area contributed by atoms with Crippen LogP contribution in [0, 0.1) is 0 Å². The molecular weight excluding hydrogens is 246 g/mol. The molecule has 5 heteroatoms. The summed E-state index contributed by atoms with van der Waals surface area (Å²) >= 11 is 0. The fraction of sp³-hybridized carbons (Fsp3) is 0.143. The quantitative estimate of drug-likeness (QED) is 0.861. The molecule has 0 amide bonds. The van der Waals surface area contributed by atoms with Gasteiger partial charge < -0.3 is 14.9 Å². The van der Waals surface area contributed by atoms with Gasteiger partial charge in [0, 0.05) is 12.0 Å². The van der Waals surface area contributed by atoms with E-state index >= 15 is 0 Å². The summed E-state index contributed by atoms with van der Waals surface area (Å²) in [5.41, 5.74) is 2.27. The van der Waals surface area contributed by atoms with Crippen molar-refractivity contribution in [2.45, 2.75) is 6.42 Å². The number of nitrogens with zero attached hydrogens (tertiary/aromatic N) is 1. The Morgan fingerprint density at radius 3 is 2.95 bits per heavy atom. The van der Waals surface area contributed by atoms with E-state index in [0.717, 1.165) is 29.5 Å². The maximum absolute atomic E-state index is 11.0. The molecule has 0 aliphatic carbocycles. The standard InChI is InChI=1S/C14H11NO4/c16-12-7-15-11(6-10(12)14(17)18)8-1-2-13-9(5-8)3-4-19-13/h1-2,5-7,16H,3-4H2,(H,17,18). The minimum atomic E-state index is -1.18. The first-order chi connectivity index (χ1) is 9.15. The molecule has 5 nitrogen and oxygen atoms in total. The van der Waals surface area contributed by atoms with Gasteiger partial charge in [-0.1, -0.05) is 0 Å². The number of carboxylic acids is 1. The molecule has 0 fully saturated rings. The minimum absolute atomic E-state index is 0.151. The summed E-state index contributed by atoms with van der Waals surface area (Å²) in [6.45, 7) is 0.669. The number of benzene rings is 1. The molecule has 1 aliphatic heterocycles. The van der Waals surface area contributed by atoms with Gasteiger partial charge >= 0.3 is 5.97 Å². The summed E-state index contributed by atoms with van der Waals surface area (Å²) in [6.07, 6.45) is 2.00. The van der Waals surface area contributed by atoms with Crippen LogP contribution in [0.3, 0.4) is 0 Å². The summed E-state index contributed by atoms with van der Waals surface area (Å²) in [6, 6.07) is 6.99. The van der Waals surface area contributed by atoms with Gasteiger partial charge in [0.1, 0.15) is 17.1 Å². The molecule has 0 radical (unpaired) electrons. The van der Waals surface area contributed by atoms with E-state index in [1.54, 1.807) is 0 Å². The van der Waals surface area contributed by atoms with Crippen molar-refractivity contribution in [3.8, 4) is 22.8 Å². The largest absolute Gasteiger partial charge is 0.505 e. The van der Waals surface area contributed by atoms with Gasteiger partial charge in [-0.05, 0) is 29.8 Å². The summed E-state index contributed by atoms with van der Waals surface area (Å²) in [5, 5.41) is 18.4. The lowest BCUT2D eigenvalue weighted by atomic mass is 10.0. The first-order valence-corrected chi connectivity index (χ1v) is 5.83. The van der Waals surface area contributed by atoms with Crippen LogP contribution in [0.15, 0.2) is 30.5 Å². The Labute approximate surface area is 109 Å². The van der Waals surface area contributed by atoms with E-state index in [-0.39, 0.29) is 11.3 Å². The monoisotopic (exact) mass is 257 g/mol. The van der Waals surface area contributed by atoms with Crippen LogP contribution in [-0.4, -0.2) is 27.8 Å². The number of pyridine rings is 1. The van der Waals surface area contributed by atoms with E-state index < -0.39 is 5.97 Å². The van der Waals surface area contributed by atoms with Crippen LogP contribution in [0.4, 0.5) is 0 Å². The smallest absolute Gasteiger partial charge is 0.339 e. The number of rotatable bonds is 2. The Morgan fingerprint density at radius 2 is 2.16 bits per heavy atom. The number of aromatic hydroxyl groups is 1. The molecule has 0 spiro atoms. The van der Waals surface area contributed by atoms with Crippen LogP contribution >= 0.6 is 0 Å². The maximum atomic E-state index is 11.0. The topological polar surface area (TPSA) is 79.7 Å². The Balaban J connectivity index is 2.07. The molecule has 96 valence electrons. The van der Waals surface area contributed by atoms with E-state index in [0.29, 0.717) is 12.3 Å². The third-order valence-corrected chi connectivity index (χ3v) is 3.10. The van der Waals surface area contributed by atoms with Crippen molar-refractivity contribution < 1.29 is 19.7 Å². The van der Waals surface area contributed by atoms with Gasteiger partial charge in [0.05, 0.1) is 18.5 Å². The average molecular weight is 257 g/mol. The third kappa shape index (κ3) is 1.99. The van der Waals surface area contributed by atoms with Gasteiger partial charge in [0.25, 0.3) is 0 Å². The van der Waals surface area contributed by atoms with Gasteiger partial charge in [-0.3, -0.25) is 4.98 Å². The van der Waals surface area contributed by atoms with E-state index in [9.17, 15) is 9.90 Å². The number of hydrogen-bond acceptors (Lipinski definition) is 4. The normalized spacial score (nSPS) is 12.8. The van der Waals surface area contributed by atoms with Crippen molar-refractivity contribution in [2.75, 3.05) is 6.61 Å². The number of carbonyl (C=O) groups is 1. The molecule has 1 aliphatic rings. The molecule has 2 aromatic rings. The molecule has 19 heavy (non-hydrogen) atoms. The zero-order chi connectivity index (χ0) is 13.4. The van der Waals surface area contributed by atoms with Crippen molar-refractivity contribution in [2.24, 2.45) is 0 Å². The average Bonchev–Trinajstić information content (AvgIpc) is 2.86. The van der Waals surface area contributed by atoms with Gasteiger partial charge in [-0.2, -0.15) is 0 Å². The molecule has 0 bridgehead atoms. The number of aromatic carboxylic acids is 1. The number of carboxylic acid groups (broad SMARTS) is 1. The highest BCUT2D eigenvalue weighted by atomic mass is 16.5. The lowest BCUT2D eigenvalue weighted by Gasteiger charge is -2.06. The van der Waals surface area contributed by atoms with E-state index in [4.69, 9.17) is 9.84 Å². The fourth-order valence-corrected chi connectivity index (χ4v) is 2.12. The van der Waals surface area contributed by atoms with Crippen LogP contribution < -0.4 is 4.74 Å². The highest BCUT2D eigenvalue weighted by Gasteiger charge is 2.15. The first-order valence-electron chi connectivity index (χ1n) is 5.83. The lowest BCUT2D eigenvalue weighted by Crippen LogP contribution is -1.98. The second-order valence-corrected chi connectivity index (χ2v) is 4.31. The molecule has 1 aromatic heterocycles. The van der Waals surface area contributed by atoms with Crippen molar-refractivity contribution >= 4 is 5.97 Å². The van der Waals surface area contributed by atoms with Crippen LogP contribution in [-0.2, 0) is 6.42 Å². The molecule has 2 heterocycles. The summed E-state index contributed by atoms with van der Waals surface area (Å²) in [4.78, 5) is 15.0. The molecule has 0 saturated carbocycles. The highest BCUT2D eigenvalue weighted by Crippen LogP contribution is 2.31. The molecule has 1 aromatic carbocycles. The summed E-state index contributed by atoms with van der Waals surface area (Å²) in [7, 11) is 0. The van der Waals surface area contributed by atoms with Crippen LogP contribution in [0.2, 0.25) is 0 Å². The Hall–Kier alpha value is -2.56. The zero-order valence-corrected chi connectivity index (χ0v) is 9.96. The number of aromatic nitrogens is 1. The molecule has 0 unspecified atom stereocenters. The Kier molecular flexibility index (Phi) is 2.59. The number of ether oxygens (including phenoxy) is 1. The van der Waals surface area contributed by atoms with Crippen molar-refractivity contribution in [1.29, 1.82) is 0 Å². The molecule has 0 saturated heterocycles. The number of fused-ring (bicyclic) bond motifs is 1. The fourth-order valence-electron chi connectivity index (χ4n) is 2.12. The van der Waals surface area contributed by atoms with Crippen molar-refractivity contribution in [3.05, 3.63) is 41.6 Å². The summed E-state index contributed by atoms with van der Waals surface area (Å²) < 4.78 is 5.42. The van der Waals surface area contributed by atoms with Crippen molar-refractivity contribution in [3.63, 3.8) is 0 Å². The Morgan fingerprint density at radius 1 is 1.32 bits per heavy atom. The molecular formula is C14H11NO4. The molecule has 3 rings (SSSR count). The van der Waals surface area contributed by atoms with Crippen molar-refractivity contribution in [1.82, 2.24) is 4.98 Å². The second kappa shape index (κ2) is 4.28. The SMILES string of the molecule is O=C(O)c1cc(-c2ccc3c(c2)CCO3)ncc1O. The third-order valence-electron chi connectivity index (χ3n) is 3.10. The Bertz CT molecular complexity index is 666. The highest BCUT2D eigenvalue weighted by molar-refractivity contribution is 5.91. The van der Waals surface area contributed by atoms with Gasteiger partial charge in [-0.15, -0.1) is 0 Å². The molecule has 0 atom stereocenters. The van der Waals surface area contributed by atoms with E-state index in [2.05, 4.69) is 4.98 Å². The first kappa shape index (κ1) is 11.5. The van der Waals surface area contributed by atoms with Crippen LogP contribution in [0.1, 0.15) is 15.9 Å². The van der Waals surface area contributed by atoms with E-state index in [1.165, 1.54) is 6.07 Å². The van der Waals surface area contributed by atoms with Gasteiger partial charge in [0.2, 0.25) is 0 Å². The number of hydrogen-bond donors (Lipinski definition) is 2.